The highest BCUT2D eigenvalue weighted by atomic mass is 32.1. The molecule has 0 unspecified atom stereocenters. The Morgan fingerprint density at radius 1 is 0.418 bits per heavy atom. The van der Waals surface area contributed by atoms with E-state index in [0.717, 1.165) is 55.1 Å². The Bertz CT molecular complexity index is 3140. The molecule has 4 heteroatoms. The molecule has 10 rings (SSSR count). The van der Waals surface area contributed by atoms with Crippen molar-refractivity contribution >= 4 is 81.7 Å². The van der Waals surface area contributed by atoms with E-state index in [1.807, 2.05) is 60.0 Å². The van der Waals surface area contributed by atoms with Crippen LogP contribution in [-0.4, -0.2) is 17.9 Å². The van der Waals surface area contributed by atoms with E-state index in [0.29, 0.717) is 5.84 Å². The molecular formula is C51H33N3S. The van der Waals surface area contributed by atoms with Crippen LogP contribution in [0.25, 0.3) is 74.7 Å². The van der Waals surface area contributed by atoms with Gasteiger partial charge in [0.25, 0.3) is 0 Å². The topological polar surface area (TPSA) is 48.6 Å². The average molecular weight is 720 g/mol. The summed E-state index contributed by atoms with van der Waals surface area (Å²) in [6.07, 6.45) is 1.94. The highest BCUT2D eigenvalue weighted by molar-refractivity contribution is 7.25. The van der Waals surface area contributed by atoms with Gasteiger partial charge in [-0.25, -0.2) is 9.98 Å². The van der Waals surface area contributed by atoms with Crippen LogP contribution in [0.2, 0.25) is 0 Å². The zero-order valence-electron chi connectivity index (χ0n) is 29.8. The predicted octanol–water partition coefficient (Wildman–Crippen LogP) is 13.7. The van der Waals surface area contributed by atoms with Crippen LogP contribution in [0.5, 0.6) is 0 Å². The zero-order chi connectivity index (χ0) is 36.7. The largest absolute Gasteiger partial charge is 0.282 e. The number of fused-ring (bicyclic) bond motifs is 7. The van der Waals surface area contributed by atoms with Crippen molar-refractivity contribution in [2.45, 2.75) is 0 Å². The molecular weight excluding hydrogens is 687 g/mol. The molecule has 0 saturated carbocycles. The molecule has 0 radical (unpaired) electrons. The number of nitrogens with zero attached hydrogens (tertiary/aromatic N) is 2. The zero-order valence-corrected chi connectivity index (χ0v) is 30.6. The van der Waals surface area contributed by atoms with Crippen molar-refractivity contribution in [3.8, 4) is 22.3 Å². The molecule has 0 bridgehead atoms. The fraction of sp³-hybridized carbons (Fsp3) is 0. The smallest absolute Gasteiger partial charge is 0.161 e. The molecule has 0 amide bonds. The number of amidine groups is 2. The Kier molecular flexibility index (Phi) is 8.16. The van der Waals surface area contributed by atoms with Gasteiger partial charge in [-0.2, -0.15) is 0 Å². The average Bonchev–Trinajstić information content (AvgIpc) is 3.63. The van der Waals surface area contributed by atoms with Crippen molar-refractivity contribution in [3.63, 3.8) is 0 Å². The maximum Gasteiger partial charge on any atom is 0.161 e. The third kappa shape index (κ3) is 6.09. The van der Waals surface area contributed by atoms with Crippen molar-refractivity contribution in [1.82, 2.24) is 0 Å². The van der Waals surface area contributed by atoms with Crippen molar-refractivity contribution in [1.29, 1.82) is 5.41 Å². The van der Waals surface area contributed by atoms with E-state index in [1.54, 1.807) is 0 Å². The number of rotatable bonds is 5. The second-order valence-electron chi connectivity index (χ2n) is 13.8. The van der Waals surface area contributed by atoms with E-state index < -0.39 is 0 Å². The van der Waals surface area contributed by atoms with E-state index in [1.165, 1.54) is 36.3 Å². The summed E-state index contributed by atoms with van der Waals surface area (Å²) in [7, 11) is 0. The molecule has 1 aromatic heterocycles. The standard InChI is InChI=1S/C51H33N3S/c52-50(37-22-18-34(19-23-37)33-10-2-1-3-11-33)54-51(38-24-20-35(21-25-38)39-27-29-49-46(30-39)44-16-8-9-17-48(44)55-49)53-32-47-42-15-7-5-13-40(42)31-45-41-14-6-4-12-36(41)26-28-43(45)47/h1-32,52H. The number of hydrogen-bond donors (Lipinski definition) is 1. The van der Waals surface area contributed by atoms with E-state index in [9.17, 15) is 0 Å². The van der Waals surface area contributed by atoms with E-state index >= 15 is 0 Å². The first-order valence-corrected chi connectivity index (χ1v) is 19.2. The van der Waals surface area contributed by atoms with Gasteiger partial charge in [0.15, 0.2) is 11.7 Å². The molecule has 1 heterocycles. The number of hydrogen-bond acceptors (Lipinski definition) is 2. The number of aliphatic imine (C=N–C) groups is 2. The Hall–Kier alpha value is -7.01. The quantitative estimate of drug-likeness (QED) is 0.0797. The van der Waals surface area contributed by atoms with Gasteiger partial charge < -0.3 is 0 Å². The van der Waals surface area contributed by atoms with Gasteiger partial charge in [0.2, 0.25) is 0 Å². The van der Waals surface area contributed by atoms with Crippen LogP contribution in [0.4, 0.5) is 0 Å². The van der Waals surface area contributed by atoms with E-state index in [4.69, 9.17) is 15.4 Å². The molecule has 3 nitrogen and oxygen atoms in total. The molecule has 258 valence electrons. The van der Waals surface area contributed by atoms with Crippen molar-refractivity contribution in [2.24, 2.45) is 9.98 Å². The number of nitrogens with one attached hydrogen (secondary N) is 1. The van der Waals surface area contributed by atoms with Gasteiger partial charge in [-0.3, -0.25) is 5.41 Å². The molecule has 55 heavy (non-hydrogen) atoms. The first-order valence-electron chi connectivity index (χ1n) is 18.4. The number of benzene rings is 9. The van der Waals surface area contributed by atoms with Crippen LogP contribution < -0.4 is 0 Å². The summed E-state index contributed by atoms with van der Waals surface area (Å²) in [5.74, 6) is 0.629. The highest BCUT2D eigenvalue weighted by Gasteiger charge is 2.13. The van der Waals surface area contributed by atoms with Gasteiger partial charge in [0.05, 0.1) is 0 Å². The molecule has 0 aliphatic heterocycles. The second kappa shape index (κ2) is 13.8. The third-order valence-corrected chi connectivity index (χ3v) is 11.6. The summed E-state index contributed by atoms with van der Waals surface area (Å²) in [5.41, 5.74) is 7.09. The second-order valence-corrected chi connectivity index (χ2v) is 14.8. The number of thiophene rings is 1. The Morgan fingerprint density at radius 2 is 1.02 bits per heavy atom. The first-order chi connectivity index (χ1) is 27.2. The maximum absolute atomic E-state index is 9.16. The molecule has 0 atom stereocenters. The van der Waals surface area contributed by atoms with E-state index in [-0.39, 0.29) is 5.84 Å². The molecule has 0 spiro atoms. The van der Waals surface area contributed by atoms with Crippen molar-refractivity contribution < 1.29 is 0 Å². The summed E-state index contributed by atoms with van der Waals surface area (Å²) >= 11 is 1.83. The van der Waals surface area contributed by atoms with Crippen LogP contribution in [0, 0.1) is 5.41 Å². The monoisotopic (exact) mass is 719 g/mol. The van der Waals surface area contributed by atoms with Gasteiger partial charge >= 0.3 is 0 Å². The Morgan fingerprint density at radius 3 is 1.82 bits per heavy atom. The van der Waals surface area contributed by atoms with Crippen LogP contribution in [0.1, 0.15) is 16.7 Å². The van der Waals surface area contributed by atoms with Gasteiger partial charge in [-0.05, 0) is 78.8 Å². The Balaban J connectivity index is 1.08. The normalized spacial score (nSPS) is 12.1. The fourth-order valence-corrected chi connectivity index (χ4v) is 8.71. The molecule has 10 aromatic rings. The molecule has 0 aliphatic rings. The SMILES string of the molecule is N=C(N=C(N=Cc1c2ccccc2cc2c1ccc1ccccc12)c1ccc(-c2ccc3sc4ccccc4c3c2)cc1)c1ccc(-c2ccccc2)cc1. The molecule has 0 aliphatic carbocycles. The predicted molar refractivity (Wildman–Crippen MR) is 237 cm³/mol. The molecule has 1 N–H and O–H groups in total. The summed E-state index contributed by atoms with van der Waals surface area (Å²) in [4.78, 5) is 10.0. The lowest BCUT2D eigenvalue weighted by Gasteiger charge is -2.11. The van der Waals surface area contributed by atoms with Crippen LogP contribution in [-0.2, 0) is 0 Å². The summed E-state index contributed by atoms with van der Waals surface area (Å²) in [6.45, 7) is 0. The molecule has 0 saturated heterocycles. The van der Waals surface area contributed by atoms with Crippen molar-refractivity contribution in [3.05, 3.63) is 205 Å². The lowest BCUT2D eigenvalue weighted by Crippen LogP contribution is -2.05. The van der Waals surface area contributed by atoms with Gasteiger partial charge in [0, 0.05) is 43.1 Å². The van der Waals surface area contributed by atoms with Gasteiger partial charge in [-0.1, -0.05) is 164 Å². The van der Waals surface area contributed by atoms with Crippen LogP contribution >= 0.6 is 11.3 Å². The van der Waals surface area contributed by atoms with Crippen molar-refractivity contribution in [2.75, 3.05) is 0 Å². The third-order valence-electron chi connectivity index (χ3n) is 10.5. The minimum absolute atomic E-state index is 0.152. The summed E-state index contributed by atoms with van der Waals surface area (Å²) < 4.78 is 2.59. The molecule has 9 aromatic carbocycles. The highest BCUT2D eigenvalue weighted by Crippen LogP contribution is 2.37. The summed E-state index contributed by atoms with van der Waals surface area (Å²) in [5, 5.41) is 18.7. The minimum atomic E-state index is 0.152. The van der Waals surface area contributed by atoms with Gasteiger partial charge in [-0.15, -0.1) is 11.3 Å². The van der Waals surface area contributed by atoms with E-state index in [2.05, 4.69) is 146 Å². The van der Waals surface area contributed by atoms with Crippen LogP contribution in [0.3, 0.4) is 0 Å². The van der Waals surface area contributed by atoms with Gasteiger partial charge in [0.1, 0.15) is 0 Å². The molecule has 0 fully saturated rings. The Labute approximate surface area is 322 Å². The summed E-state index contributed by atoms with van der Waals surface area (Å²) in [6, 6.07) is 65.7. The lowest BCUT2D eigenvalue weighted by molar-refractivity contribution is 1.40. The minimum Gasteiger partial charge on any atom is -0.282 e. The first kappa shape index (κ1) is 32.6. The van der Waals surface area contributed by atoms with Crippen LogP contribution in [0.15, 0.2) is 198 Å². The fourth-order valence-electron chi connectivity index (χ4n) is 7.63. The lowest BCUT2D eigenvalue weighted by atomic mass is 9.94. The maximum atomic E-state index is 9.16.